The van der Waals surface area contributed by atoms with Crippen molar-refractivity contribution in [3.63, 3.8) is 0 Å². The Morgan fingerprint density at radius 3 is 2.20 bits per heavy atom. The lowest BCUT2D eigenvalue weighted by Gasteiger charge is -2.20. The van der Waals surface area contributed by atoms with Gasteiger partial charge in [0.2, 0.25) is 0 Å². The standard InChI is InChI=1S/C7H12F5NO2/c8-6(9)5-13(1-3-14)2-4-15-7(10,11)12/h6,14H,1-5H2. The first-order chi connectivity index (χ1) is 6.85. The first kappa shape index (κ1) is 14.5. The number of ether oxygens (including phenoxy) is 1. The van der Waals surface area contributed by atoms with Gasteiger partial charge in [0.25, 0.3) is 6.43 Å². The van der Waals surface area contributed by atoms with Crippen LogP contribution in [0.5, 0.6) is 0 Å². The van der Waals surface area contributed by atoms with Crippen LogP contribution in [0, 0.1) is 0 Å². The maximum atomic E-state index is 11.9. The molecular formula is C7H12F5NO2. The highest BCUT2D eigenvalue weighted by molar-refractivity contribution is 4.58. The molecule has 0 saturated carbocycles. The largest absolute Gasteiger partial charge is 0.522 e. The second kappa shape index (κ2) is 6.91. The summed E-state index contributed by atoms with van der Waals surface area (Å²) in [5.41, 5.74) is 0. The van der Waals surface area contributed by atoms with Crippen molar-refractivity contribution in [2.45, 2.75) is 12.8 Å². The smallest absolute Gasteiger partial charge is 0.395 e. The zero-order valence-electron chi connectivity index (χ0n) is 7.81. The van der Waals surface area contributed by atoms with E-state index in [0.29, 0.717) is 0 Å². The zero-order chi connectivity index (χ0) is 11.9. The third kappa shape index (κ3) is 9.83. The highest BCUT2D eigenvalue weighted by Gasteiger charge is 2.29. The lowest BCUT2D eigenvalue weighted by atomic mass is 10.4. The molecule has 8 heteroatoms. The van der Waals surface area contributed by atoms with Crippen molar-refractivity contribution in [3.05, 3.63) is 0 Å². The molecule has 0 saturated heterocycles. The predicted octanol–water partition coefficient (Wildman–Crippen LogP) is 1.08. The van der Waals surface area contributed by atoms with E-state index in [-0.39, 0.29) is 13.1 Å². The van der Waals surface area contributed by atoms with Gasteiger partial charge in [-0.15, -0.1) is 13.2 Å². The van der Waals surface area contributed by atoms with Crippen LogP contribution in [0.4, 0.5) is 22.0 Å². The molecule has 3 nitrogen and oxygen atoms in total. The molecule has 0 heterocycles. The first-order valence-electron chi connectivity index (χ1n) is 4.17. The van der Waals surface area contributed by atoms with E-state index in [1.54, 1.807) is 0 Å². The normalized spacial score (nSPS) is 12.8. The molecular weight excluding hydrogens is 225 g/mol. The Hall–Kier alpha value is -0.470. The second-order valence-corrected chi connectivity index (χ2v) is 2.71. The molecule has 0 atom stereocenters. The molecule has 0 rings (SSSR count). The van der Waals surface area contributed by atoms with Crippen molar-refractivity contribution in [1.29, 1.82) is 0 Å². The Morgan fingerprint density at radius 1 is 1.20 bits per heavy atom. The maximum absolute atomic E-state index is 11.9. The highest BCUT2D eigenvalue weighted by atomic mass is 19.4. The summed E-state index contributed by atoms with van der Waals surface area (Å²) in [6.07, 6.45) is -7.40. The van der Waals surface area contributed by atoms with Crippen LogP contribution in [0.2, 0.25) is 0 Å². The van der Waals surface area contributed by atoms with E-state index in [1.807, 2.05) is 0 Å². The molecule has 0 amide bonds. The summed E-state index contributed by atoms with van der Waals surface area (Å²) in [4.78, 5) is 0.996. The molecule has 92 valence electrons. The molecule has 0 aliphatic carbocycles. The summed E-state index contributed by atoms with van der Waals surface area (Å²) in [5.74, 6) is 0. The van der Waals surface area contributed by atoms with Crippen molar-refractivity contribution in [1.82, 2.24) is 4.90 Å². The predicted molar refractivity (Wildman–Crippen MR) is 41.5 cm³/mol. The number of hydrogen-bond donors (Lipinski definition) is 1. The summed E-state index contributed by atoms with van der Waals surface area (Å²) < 4.78 is 61.7. The van der Waals surface area contributed by atoms with Gasteiger partial charge in [0, 0.05) is 13.1 Å². The van der Waals surface area contributed by atoms with E-state index in [0.717, 1.165) is 4.90 Å². The summed E-state index contributed by atoms with van der Waals surface area (Å²) in [5, 5.41) is 8.46. The Kier molecular flexibility index (Phi) is 6.70. The summed E-state index contributed by atoms with van der Waals surface area (Å²) >= 11 is 0. The second-order valence-electron chi connectivity index (χ2n) is 2.71. The zero-order valence-corrected chi connectivity index (χ0v) is 7.81. The van der Waals surface area contributed by atoms with Crippen LogP contribution in [-0.4, -0.2) is 55.6 Å². The minimum atomic E-state index is -4.75. The van der Waals surface area contributed by atoms with Gasteiger partial charge in [-0.3, -0.25) is 9.64 Å². The van der Waals surface area contributed by atoms with Gasteiger partial charge in [-0.1, -0.05) is 0 Å². The fourth-order valence-corrected chi connectivity index (χ4v) is 0.921. The van der Waals surface area contributed by atoms with E-state index in [1.165, 1.54) is 0 Å². The van der Waals surface area contributed by atoms with Gasteiger partial charge in [-0.25, -0.2) is 8.78 Å². The molecule has 0 radical (unpaired) electrons. The SMILES string of the molecule is OCCN(CCOC(F)(F)F)CC(F)F. The van der Waals surface area contributed by atoms with Crippen LogP contribution in [0.1, 0.15) is 0 Å². The van der Waals surface area contributed by atoms with E-state index >= 15 is 0 Å². The molecule has 0 aliphatic heterocycles. The van der Waals surface area contributed by atoms with Crippen LogP contribution in [-0.2, 0) is 4.74 Å². The van der Waals surface area contributed by atoms with E-state index < -0.39 is 32.5 Å². The Morgan fingerprint density at radius 2 is 1.80 bits per heavy atom. The quantitative estimate of drug-likeness (QED) is 0.672. The van der Waals surface area contributed by atoms with E-state index in [2.05, 4.69) is 4.74 Å². The van der Waals surface area contributed by atoms with Crippen molar-refractivity contribution >= 4 is 0 Å². The topological polar surface area (TPSA) is 32.7 Å². The van der Waals surface area contributed by atoms with Crippen molar-refractivity contribution in [2.24, 2.45) is 0 Å². The first-order valence-corrected chi connectivity index (χ1v) is 4.17. The van der Waals surface area contributed by atoms with Gasteiger partial charge in [0.05, 0.1) is 19.8 Å². The molecule has 1 N–H and O–H groups in total. The maximum Gasteiger partial charge on any atom is 0.522 e. The summed E-state index contributed by atoms with van der Waals surface area (Å²) in [6, 6.07) is 0. The van der Waals surface area contributed by atoms with Crippen LogP contribution in [0.3, 0.4) is 0 Å². The van der Waals surface area contributed by atoms with E-state index in [4.69, 9.17) is 5.11 Å². The van der Waals surface area contributed by atoms with Gasteiger partial charge in [0.15, 0.2) is 0 Å². The minimum Gasteiger partial charge on any atom is -0.395 e. The lowest BCUT2D eigenvalue weighted by molar-refractivity contribution is -0.325. The molecule has 0 bridgehead atoms. The fourth-order valence-electron chi connectivity index (χ4n) is 0.921. The van der Waals surface area contributed by atoms with Gasteiger partial charge in [-0.05, 0) is 0 Å². The summed E-state index contributed by atoms with van der Waals surface area (Å²) in [6.45, 7) is -2.20. The van der Waals surface area contributed by atoms with E-state index in [9.17, 15) is 22.0 Å². The van der Waals surface area contributed by atoms with Crippen LogP contribution in [0.25, 0.3) is 0 Å². The third-order valence-corrected chi connectivity index (χ3v) is 1.49. The minimum absolute atomic E-state index is 0.106. The number of halogens is 5. The molecule has 0 aliphatic rings. The average Bonchev–Trinajstić information content (AvgIpc) is 2.00. The van der Waals surface area contributed by atoms with Crippen LogP contribution >= 0.6 is 0 Å². The lowest BCUT2D eigenvalue weighted by Crippen LogP contribution is -2.35. The van der Waals surface area contributed by atoms with Gasteiger partial charge >= 0.3 is 6.36 Å². The summed E-state index contributed by atoms with van der Waals surface area (Å²) in [7, 11) is 0. The van der Waals surface area contributed by atoms with Crippen molar-refractivity contribution < 1.29 is 31.8 Å². The molecule has 0 unspecified atom stereocenters. The number of rotatable bonds is 7. The molecule has 15 heavy (non-hydrogen) atoms. The monoisotopic (exact) mass is 237 g/mol. The average molecular weight is 237 g/mol. The van der Waals surface area contributed by atoms with Crippen LogP contribution < -0.4 is 0 Å². The van der Waals surface area contributed by atoms with Gasteiger partial charge < -0.3 is 5.11 Å². The molecule has 0 spiro atoms. The van der Waals surface area contributed by atoms with Crippen molar-refractivity contribution in [2.75, 3.05) is 32.8 Å². The number of aliphatic hydroxyl groups is 1. The molecule has 0 aromatic carbocycles. The number of nitrogens with zero attached hydrogens (tertiary/aromatic N) is 1. The van der Waals surface area contributed by atoms with Gasteiger partial charge in [-0.2, -0.15) is 0 Å². The molecule has 0 aromatic heterocycles. The Bertz CT molecular complexity index is 164. The number of alkyl halides is 5. The third-order valence-electron chi connectivity index (χ3n) is 1.49. The molecule has 0 aromatic rings. The van der Waals surface area contributed by atoms with Gasteiger partial charge in [0.1, 0.15) is 0 Å². The van der Waals surface area contributed by atoms with Crippen LogP contribution in [0.15, 0.2) is 0 Å². The fraction of sp³-hybridized carbons (Fsp3) is 1.00. The Labute approximate surface area is 83.4 Å². The number of aliphatic hydroxyl groups excluding tert-OH is 1. The molecule has 0 fully saturated rings. The number of hydrogen-bond acceptors (Lipinski definition) is 3. The van der Waals surface area contributed by atoms with Crippen molar-refractivity contribution in [3.8, 4) is 0 Å². The Balaban J connectivity index is 3.75. The highest BCUT2D eigenvalue weighted by Crippen LogP contribution is 2.15.